The minimum Gasteiger partial charge on any atom is -0.482 e. The van der Waals surface area contributed by atoms with Gasteiger partial charge in [-0.15, -0.1) is 0 Å². The molecule has 108 valence electrons. The van der Waals surface area contributed by atoms with Gasteiger partial charge in [-0.2, -0.15) is 11.8 Å². The molecule has 0 aliphatic carbocycles. The number of carbonyl (C=O) groups is 1. The van der Waals surface area contributed by atoms with Crippen molar-refractivity contribution in [2.45, 2.75) is 26.3 Å². The molecule has 1 atom stereocenters. The van der Waals surface area contributed by atoms with E-state index in [-0.39, 0.29) is 12.5 Å². The summed E-state index contributed by atoms with van der Waals surface area (Å²) in [5.74, 6) is 3.00. The van der Waals surface area contributed by atoms with E-state index in [1.54, 1.807) is 0 Å². The normalized spacial score (nSPS) is 24.3. The van der Waals surface area contributed by atoms with Crippen LogP contribution in [0.2, 0.25) is 0 Å². The van der Waals surface area contributed by atoms with E-state index in [0.29, 0.717) is 11.5 Å². The topological polar surface area (TPSA) is 50.4 Å². The third-order valence-electron chi connectivity index (χ3n) is 3.59. The van der Waals surface area contributed by atoms with Gasteiger partial charge in [0.1, 0.15) is 5.75 Å². The van der Waals surface area contributed by atoms with Crippen LogP contribution in [0, 0.1) is 5.41 Å². The Balaban J connectivity index is 1.72. The van der Waals surface area contributed by atoms with Crippen molar-refractivity contribution >= 4 is 29.0 Å². The van der Waals surface area contributed by atoms with Crippen molar-refractivity contribution in [2.75, 3.05) is 28.7 Å². The Kier molecular flexibility index (Phi) is 3.54. The number of nitrogens with one attached hydrogen (secondary N) is 2. The summed E-state index contributed by atoms with van der Waals surface area (Å²) >= 11 is 2.00. The Morgan fingerprint density at radius 3 is 3.10 bits per heavy atom. The molecule has 2 heterocycles. The van der Waals surface area contributed by atoms with Crippen molar-refractivity contribution in [3.05, 3.63) is 18.2 Å². The van der Waals surface area contributed by atoms with Crippen LogP contribution >= 0.6 is 11.8 Å². The zero-order valence-electron chi connectivity index (χ0n) is 11.9. The smallest absolute Gasteiger partial charge is 0.262 e. The molecule has 1 amide bonds. The maximum Gasteiger partial charge on any atom is 0.262 e. The zero-order chi connectivity index (χ0) is 14.2. The van der Waals surface area contributed by atoms with Crippen LogP contribution in [-0.4, -0.2) is 30.1 Å². The Labute approximate surface area is 123 Å². The molecule has 5 heteroatoms. The molecule has 20 heavy (non-hydrogen) atoms. The van der Waals surface area contributed by atoms with Crippen molar-refractivity contribution in [1.82, 2.24) is 0 Å². The summed E-state index contributed by atoms with van der Waals surface area (Å²) in [6.45, 7) is 4.73. The van der Waals surface area contributed by atoms with Gasteiger partial charge in [0.2, 0.25) is 0 Å². The molecule has 0 bridgehead atoms. The molecule has 2 N–H and O–H groups in total. The second kappa shape index (κ2) is 5.20. The van der Waals surface area contributed by atoms with Crippen molar-refractivity contribution in [3.8, 4) is 5.75 Å². The Morgan fingerprint density at radius 1 is 1.45 bits per heavy atom. The summed E-state index contributed by atoms with van der Waals surface area (Å²) in [6.07, 6.45) is 1.17. The van der Waals surface area contributed by atoms with Crippen LogP contribution in [0.1, 0.15) is 20.3 Å². The first-order valence-electron chi connectivity index (χ1n) is 6.93. The molecule has 0 radical (unpaired) electrons. The molecule has 0 aromatic heterocycles. The fourth-order valence-electron chi connectivity index (χ4n) is 2.76. The van der Waals surface area contributed by atoms with Gasteiger partial charge in [0.15, 0.2) is 6.61 Å². The number of hydrogen-bond acceptors (Lipinski definition) is 4. The van der Waals surface area contributed by atoms with E-state index in [1.165, 1.54) is 12.2 Å². The van der Waals surface area contributed by atoms with Crippen LogP contribution in [0.3, 0.4) is 0 Å². The van der Waals surface area contributed by atoms with Crippen LogP contribution in [0.5, 0.6) is 5.75 Å². The number of benzene rings is 1. The van der Waals surface area contributed by atoms with E-state index >= 15 is 0 Å². The maximum absolute atomic E-state index is 11.4. The number of amides is 1. The quantitative estimate of drug-likeness (QED) is 0.880. The number of thioether (sulfide) groups is 1. The molecule has 1 fully saturated rings. The number of ether oxygens (including phenoxy) is 1. The molecule has 2 aliphatic heterocycles. The molecule has 1 saturated heterocycles. The van der Waals surface area contributed by atoms with Crippen LogP contribution in [0.4, 0.5) is 11.4 Å². The predicted octanol–water partition coefficient (Wildman–Crippen LogP) is 2.96. The highest BCUT2D eigenvalue weighted by atomic mass is 32.2. The SMILES string of the molecule is CC1(C)CSCC(Nc2ccc3c(c2)NC(=O)CO3)C1. The lowest BCUT2D eigenvalue weighted by atomic mass is 9.88. The van der Waals surface area contributed by atoms with Gasteiger partial charge in [0.25, 0.3) is 5.91 Å². The third-order valence-corrected chi connectivity index (χ3v) is 5.22. The summed E-state index contributed by atoms with van der Waals surface area (Å²) < 4.78 is 5.37. The van der Waals surface area contributed by atoms with Crippen molar-refractivity contribution in [3.63, 3.8) is 0 Å². The molecular formula is C15H20N2O2S. The summed E-state index contributed by atoms with van der Waals surface area (Å²) in [5, 5.41) is 6.42. The number of anilines is 2. The minimum atomic E-state index is -0.0935. The fourth-order valence-corrected chi connectivity index (χ4v) is 4.04. The maximum atomic E-state index is 11.4. The van der Waals surface area contributed by atoms with Crippen molar-refractivity contribution in [2.24, 2.45) is 5.41 Å². The molecule has 1 unspecified atom stereocenters. The van der Waals surface area contributed by atoms with E-state index in [4.69, 9.17) is 4.74 Å². The van der Waals surface area contributed by atoms with E-state index in [9.17, 15) is 4.79 Å². The van der Waals surface area contributed by atoms with Gasteiger partial charge < -0.3 is 15.4 Å². The Bertz CT molecular complexity index is 531. The largest absolute Gasteiger partial charge is 0.482 e. The molecule has 1 aromatic carbocycles. The number of fused-ring (bicyclic) bond motifs is 1. The van der Waals surface area contributed by atoms with Gasteiger partial charge in [-0.1, -0.05) is 13.8 Å². The number of hydrogen-bond donors (Lipinski definition) is 2. The standard InChI is InChI=1S/C15H20N2O2S/c1-15(2)6-11(8-20-9-15)16-10-3-4-13-12(5-10)17-14(18)7-19-13/h3-5,11,16H,6-9H2,1-2H3,(H,17,18). The van der Waals surface area contributed by atoms with Gasteiger partial charge in [-0.05, 0) is 35.8 Å². The minimum absolute atomic E-state index is 0.0935. The number of carbonyl (C=O) groups excluding carboxylic acids is 1. The van der Waals surface area contributed by atoms with E-state index in [2.05, 4.69) is 24.5 Å². The van der Waals surface area contributed by atoms with E-state index in [0.717, 1.165) is 22.9 Å². The second-order valence-corrected chi connectivity index (χ2v) is 7.30. The lowest BCUT2D eigenvalue weighted by Crippen LogP contribution is -2.35. The lowest BCUT2D eigenvalue weighted by Gasteiger charge is -2.35. The molecule has 3 rings (SSSR count). The average Bonchev–Trinajstić information content (AvgIpc) is 2.37. The molecule has 0 spiro atoms. The molecular weight excluding hydrogens is 272 g/mol. The predicted molar refractivity (Wildman–Crippen MR) is 83.7 cm³/mol. The highest BCUT2D eigenvalue weighted by Crippen LogP contribution is 2.36. The summed E-state index contributed by atoms with van der Waals surface area (Å²) in [4.78, 5) is 11.4. The van der Waals surface area contributed by atoms with Gasteiger partial charge in [0.05, 0.1) is 5.69 Å². The summed E-state index contributed by atoms with van der Waals surface area (Å²) in [6, 6.07) is 6.36. The first kappa shape index (κ1) is 13.6. The van der Waals surface area contributed by atoms with Crippen LogP contribution in [0.15, 0.2) is 18.2 Å². The Morgan fingerprint density at radius 2 is 2.30 bits per heavy atom. The first-order valence-corrected chi connectivity index (χ1v) is 8.08. The van der Waals surface area contributed by atoms with Crippen LogP contribution in [0.25, 0.3) is 0 Å². The van der Waals surface area contributed by atoms with Gasteiger partial charge in [-0.3, -0.25) is 4.79 Å². The Hall–Kier alpha value is -1.36. The summed E-state index contributed by atoms with van der Waals surface area (Å²) in [5.41, 5.74) is 2.18. The average molecular weight is 292 g/mol. The van der Waals surface area contributed by atoms with E-state index < -0.39 is 0 Å². The highest BCUT2D eigenvalue weighted by molar-refractivity contribution is 7.99. The van der Waals surface area contributed by atoms with Gasteiger partial charge in [-0.25, -0.2) is 0 Å². The lowest BCUT2D eigenvalue weighted by molar-refractivity contribution is -0.118. The van der Waals surface area contributed by atoms with Crippen LogP contribution in [-0.2, 0) is 4.79 Å². The summed E-state index contributed by atoms with van der Waals surface area (Å²) in [7, 11) is 0. The highest BCUT2D eigenvalue weighted by Gasteiger charge is 2.28. The number of rotatable bonds is 2. The van der Waals surface area contributed by atoms with E-state index in [1.807, 2.05) is 30.0 Å². The first-order chi connectivity index (χ1) is 9.52. The molecule has 4 nitrogen and oxygen atoms in total. The third kappa shape index (κ3) is 3.03. The molecule has 0 saturated carbocycles. The van der Waals surface area contributed by atoms with Crippen molar-refractivity contribution < 1.29 is 9.53 Å². The second-order valence-electron chi connectivity index (χ2n) is 6.27. The molecule has 2 aliphatic rings. The van der Waals surface area contributed by atoms with Crippen molar-refractivity contribution in [1.29, 1.82) is 0 Å². The zero-order valence-corrected chi connectivity index (χ0v) is 12.7. The fraction of sp³-hybridized carbons (Fsp3) is 0.533. The van der Waals surface area contributed by atoms with Gasteiger partial charge >= 0.3 is 0 Å². The van der Waals surface area contributed by atoms with Gasteiger partial charge in [0, 0.05) is 17.5 Å². The molecule has 1 aromatic rings. The monoisotopic (exact) mass is 292 g/mol. The van der Waals surface area contributed by atoms with Crippen LogP contribution < -0.4 is 15.4 Å².